The molecule has 1 saturated carbocycles. The number of nitrogens with one attached hydrogen (secondary N) is 1. The van der Waals surface area contributed by atoms with E-state index in [2.05, 4.69) is 17.1 Å². The summed E-state index contributed by atoms with van der Waals surface area (Å²) in [5.41, 5.74) is 7.11. The van der Waals surface area contributed by atoms with E-state index in [9.17, 15) is 4.79 Å². The van der Waals surface area contributed by atoms with E-state index in [1.165, 1.54) is 12.8 Å². The molecule has 21 heavy (non-hydrogen) atoms. The van der Waals surface area contributed by atoms with Gasteiger partial charge in [0.25, 0.3) is 0 Å². The topological polar surface area (TPSA) is 58.4 Å². The van der Waals surface area contributed by atoms with E-state index in [1.807, 2.05) is 24.3 Å². The Kier molecular flexibility index (Phi) is 5.70. The van der Waals surface area contributed by atoms with Crippen molar-refractivity contribution in [2.24, 2.45) is 11.7 Å². The van der Waals surface area contributed by atoms with E-state index in [0.717, 1.165) is 36.8 Å². The minimum atomic E-state index is 0.0318. The molecular weight excluding hydrogens is 282 g/mol. The highest BCUT2D eigenvalue weighted by atomic mass is 32.1. The molecule has 1 aromatic carbocycles. The second-order valence-electron chi connectivity index (χ2n) is 5.58. The molecule has 0 atom stereocenters. The van der Waals surface area contributed by atoms with E-state index < -0.39 is 0 Å². The van der Waals surface area contributed by atoms with Gasteiger partial charge in [-0.05, 0) is 37.4 Å². The second-order valence-corrected chi connectivity index (χ2v) is 6.02. The molecule has 1 aliphatic rings. The third-order valence-corrected chi connectivity index (χ3v) is 3.98. The molecule has 0 unspecified atom stereocenters. The van der Waals surface area contributed by atoms with Crippen molar-refractivity contribution >= 4 is 28.8 Å². The second kappa shape index (κ2) is 7.52. The Morgan fingerprint density at radius 2 is 2.24 bits per heavy atom. The zero-order valence-electron chi connectivity index (χ0n) is 12.5. The maximum absolute atomic E-state index is 12.0. The maximum atomic E-state index is 12.0. The molecule has 0 heterocycles. The van der Waals surface area contributed by atoms with Crippen molar-refractivity contribution in [3.63, 3.8) is 0 Å². The van der Waals surface area contributed by atoms with Crippen LogP contribution in [0.2, 0.25) is 0 Å². The van der Waals surface area contributed by atoms with Crippen LogP contribution in [-0.4, -0.2) is 35.4 Å². The van der Waals surface area contributed by atoms with E-state index in [4.69, 9.17) is 18.0 Å². The molecule has 0 aliphatic heterocycles. The van der Waals surface area contributed by atoms with Crippen LogP contribution in [0.3, 0.4) is 0 Å². The molecule has 0 bridgehead atoms. The van der Waals surface area contributed by atoms with E-state index in [0.29, 0.717) is 11.4 Å². The van der Waals surface area contributed by atoms with Crippen LogP contribution in [0.1, 0.15) is 31.7 Å². The zero-order chi connectivity index (χ0) is 15.2. The van der Waals surface area contributed by atoms with Gasteiger partial charge in [-0.1, -0.05) is 31.3 Å². The number of rotatable bonds is 8. The van der Waals surface area contributed by atoms with Gasteiger partial charge in [-0.15, -0.1) is 0 Å². The van der Waals surface area contributed by atoms with E-state index in [-0.39, 0.29) is 5.91 Å². The Morgan fingerprint density at radius 3 is 2.86 bits per heavy atom. The summed E-state index contributed by atoms with van der Waals surface area (Å²) in [5.74, 6) is 0.889. The van der Waals surface area contributed by atoms with Gasteiger partial charge in [0.2, 0.25) is 5.91 Å². The first kappa shape index (κ1) is 15.9. The van der Waals surface area contributed by atoms with Gasteiger partial charge in [0.05, 0.1) is 0 Å². The lowest BCUT2D eigenvalue weighted by atomic mass is 10.2. The molecule has 0 saturated heterocycles. The van der Waals surface area contributed by atoms with Crippen LogP contribution in [-0.2, 0) is 4.79 Å². The number of hydrogen-bond acceptors (Lipinski definition) is 3. The summed E-state index contributed by atoms with van der Waals surface area (Å²) in [6.45, 7) is 5.08. The highest BCUT2D eigenvalue weighted by molar-refractivity contribution is 7.80. The summed E-state index contributed by atoms with van der Waals surface area (Å²) in [6, 6.07) is 7.34. The fraction of sp³-hybridized carbons (Fsp3) is 0.500. The minimum absolute atomic E-state index is 0.0318. The van der Waals surface area contributed by atoms with Gasteiger partial charge in [-0.3, -0.25) is 4.79 Å². The molecule has 0 spiro atoms. The van der Waals surface area contributed by atoms with Crippen molar-refractivity contribution < 1.29 is 4.79 Å². The number of carbonyl (C=O) groups is 1. The molecule has 4 nitrogen and oxygen atoms in total. The summed E-state index contributed by atoms with van der Waals surface area (Å²) in [4.78, 5) is 14.7. The van der Waals surface area contributed by atoms with Gasteiger partial charge in [0.15, 0.2) is 0 Å². The molecule has 0 radical (unpaired) electrons. The van der Waals surface area contributed by atoms with Crippen molar-refractivity contribution in [3.05, 3.63) is 29.8 Å². The van der Waals surface area contributed by atoms with Crippen LogP contribution in [0.4, 0.5) is 5.69 Å². The van der Waals surface area contributed by atoms with Crippen molar-refractivity contribution in [2.75, 3.05) is 25.0 Å². The average molecular weight is 305 g/mol. The lowest BCUT2D eigenvalue weighted by Gasteiger charge is -2.19. The highest BCUT2D eigenvalue weighted by Crippen LogP contribution is 2.29. The molecular formula is C16H23N3OS. The standard InChI is InChI=1S/C16H23N3OS/c1-2-19(11-12-6-7-12)9-8-15(20)18-14-5-3-4-13(10-14)16(17)21/h3-5,10,12H,2,6-9,11H2,1H3,(H2,17,21)(H,18,20). The third-order valence-electron chi connectivity index (χ3n) is 3.75. The summed E-state index contributed by atoms with van der Waals surface area (Å²) >= 11 is 4.94. The van der Waals surface area contributed by atoms with E-state index >= 15 is 0 Å². The Hall–Kier alpha value is -1.46. The monoisotopic (exact) mass is 305 g/mol. The molecule has 5 heteroatoms. The SMILES string of the molecule is CCN(CCC(=O)Nc1cccc(C(N)=S)c1)CC1CC1. The average Bonchev–Trinajstić information content (AvgIpc) is 3.27. The number of nitrogens with two attached hydrogens (primary N) is 1. The number of amides is 1. The van der Waals surface area contributed by atoms with Crippen LogP contribution < -0.4 is 11.1 Å². The Bertz CT molecular complexity index is 514. The first-order valence-corrected chi connectivity index (χ1v) is 7.91. The fourth-order valence-electron chi connectivity index (χ4n) is 2.28. The van der Waals surface area contributed by atoms with Crippen LogP contribution in [0.15, 0.2) is 24.3 Å². The highest BCUT2D eigenvalue weighted by Gasteiger charge is 2.23. The summed E-state index contributed by atoms with van der Waals surface area (Å²) in [6.07, 6.45) is 3.20. The van der Waals surface area contributed by atoms with Crippen LogP contribution in [0, 0.1) is 5.92 Å². The maximum Gasteiger partial charge on any atom is 0.225 e. The third kappa shape index (κ3) is 5.44. The quantitative estimate of drug-likeness (QED) is 0.724. The molecule has 1 aliphatic carbocycles. The predicted molar refractivity (Wildman–Crippen MR) is 90.4 cm³/mol. The summed E-state index contributed by atoms with van der Waals surface area (Å²) in [5, 5.41) is 2.90. The largest absolute Gasteiger partial charge is 0.389 e. The number of hydrogen-bond donors (Lipinski definition) is 2. The van der Waals surface area contributed by atoms with Gasteiger partial charge in [-0.25, -0.2) is 0 Å². The minimum Gasteiger partial charge on any atom is -0.389 e. The molecule has 1 aromatic rings. The molecule has 2 rings (SSSR count). The number of nitrogens with zero attached hydrogens (tertiary/aromatic N) is 1. The molecule has 3 N–H and O–H groups in total. The lowest BCUT2D eigenvalue weighted by molar-refractivity contribution is -0.116. The van der Waals surface area contributed by atoms with Gasteiger partial charge >= 0.3 is 0 Å². The molecule has 0 aromatic heterocycles. The lowest BCUT2D eigenvalue weighted by Crippen LogP contribution is -2.29. The Balaban J connectivity index is 1.80. The number of carbonyl (C=O) groups excluding carboxylic acids is 1. The molecule has 114 valence electrons. The Morgan fingerprint density at radius 1 is 1.48 bits per heavy atom. The van der Waals surface area contributed by atoms with Crippen molar-refractivity contribution in [1.82, 2.24) is 4.90 Å². The number of benzene rings is 1. The molecule has 1 fully saturated rings. The van der Waals surface area contributed by atoms with Gasteiger partial charge in [0.1, 0.15) is 4.99 Å². The number of thiocarbonyl (C=S) groups is 1. The van der Waals surface area contributed by atoms with E-state index in [1.54, 1.807) is 0 Å². The van der Waals surface area contributed by atoms with Gasteiger partial charge < -0.3 is 16.0 Å². The van der Waals surface area contributed by atoms with Gasteiger partial charge in [-0.2, -0.15) is 0 Å². The molecule has 1 amide bonds. The van der Waals surface area contributed by atoms with Crippen molar-refractivity contribution in [1.29, 1.82) is 0 Å². The zero-order valence-corrected chi connectivity index (χ0v) is 13.3. The normalized spacial score (nSPS) is 14.2. The first-order valence-electron chi connectivity index (χ1n) is 7.50. The number of anilines is 1. The fourth-order valence-corrected chi connectivity index (χ4v) is 2.40. The Labute approximate surface area is 131 Å². The van der Waals surface area contributed by atoms with Crippen LogP contribution in [0.5, 0.6) is 0 Å². The summed E-state index contributed by atoms with van der Waals surface area (Å²) < 4.78 is 0. The summed E-state index contributed by atoms with van der Waals surface area (Å²) in [7, 11) is 0. The predicted octanol–water partition coefficient (Wildman–Crippen LogP) is 2.38. The van der Waals surface area contributed by atoms with Crippen LogP contribution >= 0.6 is 12.2 Å². The van der Waals surface area contributed by atoms with Crippen molar-refractivity contribution in [3.8, 4) is 0 Å². The smallest absolute Gasteiger partial charge is 0.225 e. The van der Waals surface area contributed by atoms with Gasteiger partial charge in [0, 0.05) is 30.8 Å². The van der Waals surface area contributed by atoms with Crippen LogP contribution in [0.25, 0.3) is 0 Å². The van der Waals surface area contributed by atoms with Crippen molar-refractivity contribution in [2.45, 2.75) is 26.2 Å². The first-order chi connectivity index (χ1) is 10.1.